The van der Waals surface area contributed by atoms with Crippen molar-refractivity contribution in [3.05, 3.63) is 36.4 Å². The second-order valence-electron chi connectivity index (χ2n) is 11.8. The van der Waals surface area contributed by atoms with Crippen LogP contribution in [0.15, 0.2) is 36.4 Å². The fourth-order valence-electron chi connectivity index (χ4n) is 2.75. The second-order valence-corrected chi connectivity index (χ2v) is 32.1. The second kappa shape index (κ2) is 11.0. The number of rotatable bonds is 4. The predicted octanol–water partition coefficient (Wildman–Crippen LogP) is 2.00. The maximum Gasteiger partial charge on any atom is 3.00 e. The summed E-state index contributed by atoms with van der Waals surface area (Å²) in [5, 5.41) is 6.46. The molecule has 2 rings (SSSR count). The maximum atomic E-state index is 2.46. The SMILES string of the molecule is C[Si](C)(C)c1cc[c-]([Si](C)(C)C)c1.C[Si](C)(C)c1cc[c-]([Si](C)(C)C)c1.[Cl-].[U+3]. The zero-order chi connectivity index (χ0) is 20.6. The Hall–Kier alpha value is 0.909. The Balaban J connectivity index is 0. The molecular weight excluding hydrogens is 650 g/mol. The van der Waals surface area contributed by atoms with Gasteiger partial charge in [-0.05, 0) is 0 Å². The Bertz CT molecular complexity index is 585. The van der Waals surface area contributed by atoms with E-state index < -0.39 is 32.3 Å². The van der Waals surface area contributed by atoms with Gasteiger partial charge in [0.1, 0.15) is 0 Å². The minimum atomic E-state index is -1.07. The Morgan fingerprint density at radius 1 is 0.536 bits per heavy atom. The zero-order valence-electron chi connectivity index (χ0n) is 20.3. The van der Waals surface area contributed by atoms with Gasteiger partial charge in [-0.1, -0.05) is 78.6 Å². The van der Waals surface area contributed by atoms with E-state index in [1.165, 1.54) is 0 Å². The fourth-order valence-corrected chi connectivity index (χ4v) is 7.73. The average Bonchev–Trinajstić information content (AvgIpc) is 3.06. The first-order chi connectivity index (χ1) is 11.4. The van der Waals surface area contributed by atoms with Gasteiger partial charge in [0.15, 0.2) is 0 Å². The standard InChI is InChI=1S/2C11H21Si2.ClH.U/c2*1-12(2,3)10-7-8-11(9-10)13(4,5)6;;/h2*7-9H,1-6H3;1H;/q2*-1;;+3/p-1. The van der Waals surface area contributed by atoms with E-state index in [2.05, 4.69) is 115 Å². The van der Waals surface area contributed by atoms with Gasteiger partial charge in [0.05, 0.1) is 0 Å². The van der Waals surface area contributed by atoms with Crippen molar-refractivity contribution in [2.24, 2.45) is 0 Å². The Morgan fingerprint density at radius 2 is 0.786 bits per heavy atom. The van der Waals surface area contributed by atoms with Crippen LogP contribution >= 0.6 is 0 Å². The third-order valence-corrected chi connectivity index (χ3v) is 13.1. The number of hydrogen-bond donors (Lipinski definition) is 0. The summed E-state index contributed by atoms with van der Waals surface area (Å²) < 4.78 is 0. The van der Waals surface area contributed by atoms with E-state index in [-0.39, 0.29) is 43.5 Å². The van der Waals surface area contributed by atoms with Crippen molar-refractivity contribution in [3.63, 3.8) is 0 Å². The Labute approximate surface area is 209 Å². The third kappa shape index (κ3) is 9.81. The molecule has 0 saturated carbocycles. The van der Waals surface area contributed by atoms with Gasteiger partial charge in [-0.25, -0.2) is 22.5 Å². The molecule has 0 aliphatic rings. The van der Waals surface area contributed by atoms with Crippen LogP contribution in [0.2, 0.25) is 78.6 Å². The van der Waals surface area contributed by atoms with Gasteiger partial charge in [0.25, 0.3) is 0 Å². The normalized spacial score (nSPS) is 12.4. The molecule has 0 amide bonds. The van der Waals surface area contributed by atoms with Crippen molar-refractivity contribution in [3.8, 4) is 0 Å². The van der Waals surface area contributed by atoms with E-state index in [9.17, 15) is 0 Å². The summed E-state index contributed by atoms with van der Waals surface area (Å²) in [6.45, 7) is 29.0. The third-order valence-electron chi connectivity index (χ3n) is 4.97. The van der Waals surface area contributed by atoms with Gasteiger partial charge in [0.2, 0.25) is 0 Å². The molecule has 0 unspecified atom stereocenters. The van der Waals surface area contributed by atoms with Crippen molar-refractivity contribution in [2.75, 3.05) is 0 Å². The zero-order valence-corrected chi connectivity index (χ0v) is 29.3. The smallest absolute Gasteiger partial charge is 1.00 e. The molecule has 2 aromatic rings. The van der Waals surface area contributed by atoms with Crippen LogP contribution in [-0.2, 0) is 0 Å². The predicted molar refractivity (Wildman–Crippen MR) is 136 cm³/mol. The van der Waals surface area contributed by atoms with Crippen molar-refractivity contribution >= 4 is 53.0 Å². The van der Waals surface area contributed by atoms with E-state index in [0.717, 1.165) is 0 Å². The van der Waals surface area contributed by atoms with Gasteiger partial charge in [0, 0.05) is 32.3 Å². The molecule has 0 fully saturated rings. The monoisotopic (exact) mass is 691 g/mol. The minimum absolute atomic E-state index is 0. The molecule has 0 nitrogen and oxygen atoms in total. The first kappa shape index (κ1) is 31.1. The van der Waals surface area contributed by atoms with Gasteiger partial charge < -0.3 is 12.4 Å². The quantitative estimate of drug-likeness (QED) is 0.340. The van der Waals surface area contributed by atoms with Crippen LogP contribution < -0.4 is 33.2 Å². The summed E-state index contributed by atoms with van der Waals surface area (Å²) in [7, 11) is -4.28. The number of hydrogen-bond acceptors (Lipinski definition) is 0. The van der Waals surface area contributed by atoms with Crippen LogP contribution in [0, 0.1) is 31.1 Å². The molecule has 2 aromatic carbocycles. The molecule has 0 aliphatic heterocycles. The summed E-state index contributed by atoms with van der Waals surface area (Å²) in [6.07, 6.45) is 0. The molecule has 1 radical (unpaired) electrons. The molecule has 0 saturated heterocycles. The van der Waals surface area contributed by atoms with Crippen molar-refractivity contribution in [1.29, 1.82) is 0 Å². The van der Waals surface area contributed by atoms with Crippen LogP contribution in [0.3, 0.4) is 0 Å². The maximum absolute atomic E-state index is 2.46. The molecule has 6 heteroatoms. The molecular formula is C22H42ClSi4U. The summed E-state index contributed by atoms with van der Waals surface area (Å²) in [5.41, 5.74) is 0. The van der Waals surface area contributed by atoms with E-state index in [0.29, 0.717) is 0 Å². The largest absolute Gasteiger partial charge is 3.00 e. The topological polar surface area (TPSA) is 0 Å². The summed E-state index contributed by atoms with van der Waals surface area (Å²) in [6, 6.07) is 14.3. The Kier molecular flexibility index (Phi) is 12.2. The Morgan fingerprint density at radius 3 is 0.893 bits per heavy atom. The minimum Gasteiger partial charge on any atom is -1.00 e. The van der Waals surface area contributed by atoms with Gasteiger partial charge in [-0.3, -0.25) is 0 Å². The van der Waals surface area contributed by atoms with Crippen LogP contribution in [0.5, 0.6) is 0 Å². The van der Waals surface area contributed by atoms with Crippen molar-refractivity contribution in [2.45, 2.75) is 78.6 Å². The van der Waals surface area contributed by atoms with Crippen LogP contribution in [-0.4, -0.2) is 32.3 Å². The van der Waals surface area contributed by atoms with Crippen molar-refractivity contribution < 1.29 is 43.5 Å². The van der Waals surface area contributed by atoms with E-state index in [4.69, 9.17) is 0 Å². The van der Waals surface area contributed by atoms with Crippen LogP contribution in [0.25, 0.3) is 0 Å². The summed E-state index contributed by atoms with van der Waals surface area (Å²) in [4.78, 5) is 0. The molecule has 0 atom stereocenters. The van der Waals surface area contributed by atoms with Crippen LogP contribution in [0.1, 0.15) is 0 Å². The molecule has 0 heterocycles. The summed E-state index contributed by atoms with van der Waals surface area (Å²) in [5.74, 6) is 0. The molecule has 0 aliphatic carbocycles. The molecule has 0 aromatic heterocycles. The first-order valence-corrected chi connectivity index (χ1v) is 24.0. The van der Waals surface area contributed by atoms with Gasteiger partial charge >= 0.3 is 31.1 Å². The van der Waals surface area contributed by atoms with Crippen molar-refractivity contribution in [1.82, 2.24) is 0 Å². The molecule has 0 bridgehead atoms. The fraction of sp³-hybridized carbons (Fsp3) is 0.545. The van der Waals surface area contributed by atoms with E-state index in [1.54, 1.807) is 20.7 Å². The van der Waals surface area contributed by atoms with E-state index >= 15 is 0 Å². The molecule has 0 spiro atoms. The van der Waals surface area contributed by atoms with Gasteiger partial charge in [-0.15, -0.1) is 0 Å². The van der Waals surface area contributed by atoms with Crippen LogP contribution in [0.4, 0.5) is 0 Å². The summed E-state index contributed by atoms with van der Waals surface area (Å²) >= 11 is 0. The van der Waals surface area contributed by atoms with Gasteiger partial charge in [-0.2, -0.15) is 34.6 Å². The van der Waals surface area contributed by atoms with E-state index in [1.807, 2.05) is 0 Å². The number of halogens is 1. The average molecular weight is 692 g/mol. The molecule has 157 valence electrons. The molecule has 0 N–H and O–H groups in total. The molecule has 28 heavy (non-hydrogen) atoms. The first-order valence-electron chi connectivity index (χ1n) is 9.98.